The molecule has 1 aliphatic heterocycles. The Balaban J connectivity index is 1.43. The number of nitrogens with one attached hydrogen (secondary N) is 1. The lowest BCUT2D eigenvalue weighted by molar-refractivity contribution is -0.0168. The van der Waals surface area contributed by atoms with E-state index in [9.17, 15) is 4.39 Å². The Morgan fingerprint density at radius 2 is 1.97 bits per heavy atom. The predicted molar refractivity (Wildman–Crippen MR) is 111 cm³/mol. The molecule has 0 radical (unpaired) electrons. The van der Waals surface area contributed by atoms with E-state index in [0.29, 0.717) is 40.6 Å². The minimum atomic E-state index is -0.318. The van der Waals surface area contributed by atoms with Gasteiger partial charge in [0.05, 0.1) is 12.4 Å². The first kappa shape index (κ1) is 19.7. The monoisotopic (exact) mass is 433 g/mol. The van der Waals surface area contributed by atoms with Gasteiger partial charge in [0.2, 0.25) is 11.9 Å². The summed E-state index contributed by atoms with van der Waals surface area (Å²) in [6, 6.07) is 9.63. The fraction of sp³-hybridized carbons (Fsp3) is 0.211. The third-order valence-corrected chi connectivity index (χ3v) is 5.24. The van der Waals surface area contributed by atoms with Crippen LogP contribution < -0.4 is 15.8 Å². The summed E-state index contributed by atoms with van der Waals surface area (Å²) in [5.41, 5.74) is 8.39. The van der Waals surface area contributed by atoms with Crippen LogP contribution in [0, 0.1) is 5.82 Å². The van der Waals surface area contributed by atoms with E-state index in [2.05, 4.69) is 20.3 Å². The molecule has 0 atom stereocenters. The average molecular weight is 434 g/mol. The summed E-state index contributed by atoms with van der Waals surface area (Å²) in [6.07, 6.45) is 0. The van der Waals surface area contributed by atoms with E-state index in [1.807, 2.05) is 12.1 Å². The first-order valence-corrected chi connectivity index (χ1v) is 10.2. The van der Waals surface area contributed by atoms with Crippen LogP contribution in [-0.2, 0) is 22.8 Å². The van der Waals surface area contributed by atoms with E-state index in [1.54, 1.807) is 23.9 Å². The van der Waals surface area contributed by atoms with Crippen LogP contribution in [0.15, 0.2) is 36.4 Å². The van der Waals surface area contributed by atoms with Crippen molar-refractivity contribution in [1.29, 1.82) is 0 Å². The fourth-order valence-corrected chi connectivity index (χ4v) is 3.95. The molecule has 0 fully saturated rings. The molecule has 0 bridgehead atoms. The highest BCUT2D eigenvalue weighted by molar-refractivity contribution is 7.97. The van der Waals surface area contributed by atoms with Gasteiger partial charge in [-0.25, -0.2) is 4.39 Å². The molecule has 0 amide bonds. The summed E-state index contributed by atoms with van der Waals surface area (Å²) in [6.45, 7) is 0.713. The maximum Gasteiger partial charge on any atom is 0.232 e. The number of fused-ring (bicyclic) bond motifs is 1. The van der Waals surface area contributed by atoms with Gasteiger partial charge in [-0.1, -0.05) is 11.6 Å². The molecule has 2 heterocycles. The smallest absolute Gasteiger partial charge is 0.232 e. The maximum atomic E-state index is 13.0. The summed E-state index contributed by atoms with van der Waals surface area (Å²) in [7, 11) is 0. The number of anilines is 3. The molecule has 1 aliphatic rings. The van der Waals surface area contributed by atoms with Crippen LogP contribution in [-0.4, -0.2) is 21.7 Å². The summed E-state index contributed by atoms with van der Waals surface area (Å²) < 4.78 is 24.0. The molecule has 1 aromatic heterocycles. The minimum absolute atomic E-state index is 0.112. The maximum absolute atomic E-state index is 13.0. The van der Waals surface area contributed by atoms with Gasteiger partial charge in [-0.2, -0.15) is 15.0 Å². The van der Waals surface area contributed by atoms with Gasteiger partial charge in [0.1, 0.15) is 17.4 Å². The second-order valence-electron chi connectivity index (χ2n) is 6.22. The molecule has 0 spiro atoms. The average Bonchev–Trinajstić information content (AvgIpc) is 2.69. The van der Waals surface area contributed by atoms with E-state index in [-0.39, 0.29) is 18.6 Å². The van der Waals surface area contributed by atoms with Crippen LogP contribution in [0.1, 0.15) is 17.0 Å². The van der Waals surface area contributed by atoms with Crippen molar-refractivity contribution in [3.05, 3.63) is 64.2 Å². The number of hydrogen-bond donors (Lipinski definition) is 2. The number of nitrogens with zero attached hydrogens (tertiary/aromatic N) is 3. The quantitative estimate of drug-likeness (QED) is 0.594. The number of halogens is 2. The molecule has 2 aromatic carbocycles. The van der Waals surface area contributed by atoms with Crippen LogP contribution in [0.3, 0.4) is 0 Å². The van der Waals surface area contributed by atoms with Crippen LogP contribution >= 0.6 is 23.4 Å². The first-order valence-electron chi connectivity index (χ1n) is 8.69. The Bertz CT molecular complexity index is 1020. The van der Waals surface area contributed by atoms with Gasteiger partial charge < -0.3 is 20.5 Å². The molecule has 0 aliphatic carbocycles. The van der Waals surface area contributed by atoms with Crippen LogP contribution in [0.2, 0.25) is 5.02 Å². The van der Waals surface area contributed by atoms with Crippen LogP contribution in [0.4, 0.5) is 22.0 Å². The highest BCUT2D eigenvalue weighted by atomic mass is 35.5. The molecule has 0 saturated heterocycles. The SMILES string of the molecule is Nc1nc(CSCc2cc(Cl)cc3c2OCOC3)nc(Nc2ccc(F)cc2)n1. The normalized spacial score (nSPS) is 12.9. The summed E-state index contributed by atoms with van der Waals surface area (Å²) in [5.74, 6) is 2.63. The summed E-state index contributed by atoms with van der Waals surface area (Å²) in [4.78, 5) is 12.6. The van der Waals surface area contributed by atoms with Crippen molar-refractivity contribution < 1.29 is 13.9 Å². The number of nitrogens with two attached hydrogens (primary N) is 1. The molecule has 150 valence electrons. The van der Waals surface area contributed by atoms with Gasteiger partial charge in [0.15, 0.2) is 6.79 Å². The third-order valence-electron chi connectivity index (χ3n) is 4.04. The van der Waals surface area contributed by atoms with Crippen molar-refractivity contribution >= 4 is 40.9 Å². The fourth-order valence-electron chi connectivity index (χ4n) is 2.84. The zero-order chi connectivity index (χ0) is 20.2. The van der Waals surface area contributed by atoms with Crippen LogP contribution in [0.25, 0.3) is 0 Å². The van der Waals surface area contributed by atoms with Crippen molar-refractivity contribution in [1.82, 2.24) is 15.0 Å². The number of ether oxygens (including phenoxy) is 2. The van der Waals surface area contributed by atoms with E-state index < -0.39 is 0 Å². The Kier molecular flexibility index (Phi) is 5.98. The van der Waals surface area contributed by atoms with Crippen molar-refractivity contribution in [2.24, 2.45) is 0 Å². The number of nitrogen functional groups attached to an aromatic ring is 1. The second-order valence-corrected chi connectivity index (χ2v) is 7.64. The Labute approximate surface area is 175 Å². The van der Waals surface area contributed by atoms with Crippen molar-refractivity contribution in [3.8, 4) is 5.75 Å². The largest absolute Gasteiger partial charge is 0.467 e. The molecule has 10 heteroatoms. The van der Waals surface area contributed by atoms with Crippen LogP contribution in [0.5, 0.6) is 5.75 Å². The Morgan fingerprint density at radius 1 is 1.14 bits per heavy atom. The van der Waals surface area contributed by atoms with E-state index >= 15 is 0 Å². The van der Waals surface area contributed by atoms with Gasteiger partial charge in [-0.05, 0) is 36.4 Å². The number of hydrogen-bond acceptors (Lipinski definition) is 8. The molecule has 3 N–H and O–H groups in total. The lowest BCUT2D eigenvalue weighted by atomic mass is 10.1. The van der Waals surface area contributed by atoms with Gasteiger partial charge in [-0.15, -0.1) is 11.8 Å². The summed E-state index contributed by atoms with van der Waals surface area (Å²) >= 11 is 7.81. The molecule has 0 saturated carbocycles. The first-order chi connectivity index (χ1) is 14.1. The zero-order valence-electron chi connectivity index (χ0n) is 15.2. The highest BCUT2D eigenvalue weighted by Gasteiger charge is 2.16. The topological polar surface area (TPSA) is 95.2 Å². The zero-order valence-corrected chi connectivity index (χ0v) is 16.8. The van der Waals surface area contributed by atoms with Gasteiger partial charge in [-0.3, -0.25) is 0 Å². The molecule has 7 nitrogen and oxygen atoms in total. The molecule has 3 aromatic rings. The number of aromatic nitrogens is 3. The number of benzene rings is 2. The number of rotatable bonds is 6. The van der Waals surface area contributed by atoms with E-state index in [0.717, 1.165) is 16.9 Å². The molecular weight excluding hydrogens is 417 g/mol. The lowest BCUT2D eigenvalue weighted by Gasteiger charge is -2.21. The Hall–Kier alpha value is -2.62. The van der Waals surface area contributed by atoms with Crippen molar-refractivity contribution in [3.63, 3.8) is 0 Å². The summed E-state index contributed by atoms with van der Waals surface area (Å²) in [5, 5.41) is 3.64. The molecular formula is C19H17ClFN5O2S. The number of thioether (sulfide) groups is 1. The van der Waals surface area contributed by atoms with Crippen molar-refractivity contribution in [2.45, 2.75) is 18.1 Å². The van der Waals surface area contributed by atoms with Gasteiger partial charge in [0, 0.05) is 27.6 Å². The second kappa shape index (κ2) is 8.81. The minimum Gasteiger partial charge on any atom is -0.467 e. The lowest BCUT2D eigenvalue weighted by Crippen LogP contribution is -2.13. The molecule has 29 heavy (non-hydrogen) atoms. The van der Waals surface area contributed by atoms with Gasteiger partial charge in [0.25, 0.3) is 0 Å². The molecule has 4 rings (SSSR count). The van der Waals surface area contributed by atoms with E-state index in [1.165, 1.54) is 12.1 Å². The molecule has 0 unspecified atom stereocenters. The standard InChI is InChI=1S/C19H17ClFN5O2S/c20-13-5-11-7-27-10-28-17(11)12(6-13)8-29-9-16-24-18(22)26-19(25-16)23-15-3-1-14(21)2-4-15/h1-6H,7-10H2,(H3,22,23,24,25,26). The Morgan fingerprint density at radius 3 is 2.79 bits per heavy atom. The predicted octanol–water partition coefficient (Wildman–Crippen LogP) is 4.29. The highest BCUT2D eigenvalue weighted by Crippen LogP contribution is 2.34. The van der Waals surface area contributed by atoms with Crippen molar-refractivity contribution in [2.75, 3.05) is 17.8 Å². The van der Waals surface area contributed by atoms with Gasteiger partial charge >= 0.3 is 0 Å². The third kappa shape index (κ3) is 5.06. The van der Waals surface area contributed by atoms with E-state index in [4.69, 9.17) is 26.8 Å².